The zero-order valence-electron chi connectivity index (χ0n) is 17.6. The summed E-state index contributed by atoms with van der Waals surface area (Å²) in [6.07, 6.45) is 4.47. The zero-order valence-corrected chi connectivity index (χ0v) is 19.2. The van der Waals surface area contributed by atoms with Gasteiger partial charge in [-0.15, -0.1) is 0 Å². The summed E-state index contributed by atoms with van der Waals surface area (Å²) >= 11 is 3.40. The molecular weight excluding hydrogens is 472 g/mol. The molecule has 32 heavy (non-hydrogen) atoms. The molecule has 2 aromatic heterocycles. The second-order valence-corrected chi connectivity index (χ2v) is 8.64. The zero-order chi connectivity index (χ0) is 22.5. The molecule has 0 spiro atoms. The van der Waals surface area contributed by atoms with E-state index in [1.165, 1.54) is 6.20 Å². The number of anilines is 1. The number of carbonyl (C=O) groups excluding carboxylic acids is 2. The lowest BCUT2D eigenvalue weighted by molar-refractivity contribution is -0.121. The van der Waals surface area contributed by atoms with Crippen LogP contribution in [0.2, 0.25) is 0 Å². The van der Waals surface area contributed by atoms with E-state index >= 15 is 0 Å². The third-order valence-electron chi connectivity index (χ3n) is 5.32. The lowest BCUT2D eigenvalue weighted by Crippen LogP contribution is -2.41. The van der Waals surface area contributed by atoms with Crippen molar-refractivity contribution >= 4 is 33.6 Å². The molecule has 3 aromatic rings. The second kappa shape index (κ2) is 9.91. The minimum atomic E-state index is -0.138. The Morgan fingerprint density at radius 3 is 2.53 bits per heavy atom. The highest BCUT2D eigenvalue weighted by Gasteiger charge is 2.28. The summed E-state index contributed by atoms with van der Waals surface area (Å²) in [7, 11) is 0. The molecule has 0 saturated carbocycles. The molecule has 1 aromatic carbocycles. The van der Waals surface area contributed by atoms with Crippen molar-refractivity contribution in [3.63, 3.8) is 0 Å². The third-order valence-corrected chi connectivity index (χ3v) is 5.81. The largest absolute Gasteiger partial charge is 0.439 e. The Balaban J connectivity index is 1.30. The van der Waals surface area contributed by atoms with Gasteiger partial charge >= 0.3 is 0 Å². The molecule has 2 amide bonds. The predicted molar refractivity (Wildman–Crippen MR) is 125 cm³/mol. The number of benzene rings is 1. The monoisotopic (exact) mass is 494 g/mol. The molecule has 3 heterocycles. The van der Waals surface area contributed by atoms with Gasteiger partial charge in [-0.1, -0.05) is 28.1 Å². The Morgan fingerprint density at radius 1 is 1.06 bits per heavy atom. The Kier molecular flexibility index (Phi) is 6.80. The number of nitrogens with one attached hydrogen (secondary N) is 1. The number of nitrogens with zero attached hydrogens (tertiary/aromatic N) is 3. The Labute approximate surface area is 195 Å². The number of likely N-dealkylation sites (tertiary alicyclic amines) is 1. The van der Waals surface area contributed by atoms with Gasteiger partial charge in [0, 0.05) is 41.9 Å². The van der Waals surface area contributed by atoms with Crippen LogP contribution >= 0.6 is 15.9 Å². The number of aromatic nitrogens is 2. The lowest BCUT2D eigenvalue weighted by atomic mass is 9.95. The number of carbonyl (C=O) groups is 2. The van der Waals surface area contributed by atoms with Gasteiger partial charge in [-0.05, 0) is 55.7 Å². The van der Waals surface area contributed by atoms with Crippen LogP contribution in [-0.4, -0.2) is 39.8 Å². The van der Waals surface area contributed by atoms with Gasteiger partial charge in [0.15, 0.2) is 0 Å². The van der Waals surface area contributed by atoms with E-state index in [0.29, 0.717) is 48.9 Å². The highest BCUT2D eigenvalue weighted by atomic mass is 79.9. The minimum Gasteiger partial charge on any atom is -0.439 e. The average molecular weight is 495 g/mol. The van der Waals surface area contributed by atoms with E-state index in [9.17, 15) is 9.59 Å². The van der Waals surface area contributed by atoms with Crippen molar-refractivity contribution in [3.8, 4) is 11.6 Å². The SMILES string of the molecule is Cc1ccc(NC(=O)C2CCN(C(=O)c3ccc(Oc4cccc(Br)c4)nc3)CC2)nc1. The average Bonchev–Trinajstić information content (AvgIpc) is 2.81. The smallest absolute Gasteiger partial charge is 0.255 e. The summed E-state index contributed by atoms with van der Waals surface area (Å²) in [6, 6.07) is 14.6. The number of ether oxygens (including phenoxy) is 1. The first-order chi connectivity index (χ1) is 15.5. The van der Waals surface area contributed by atoms with Crippen molar-refractivity contribution in [3.05, 3.63) is 76.5 Å². The molecule has 8 heteroatoms. The topological polar surface area (TPSA) is 84.4 Å². The van der Waals surface area contributed by atoms with Crippen molar-refractivity contribution in [2.24, 2.45) is 5.92 Å². The first kappa shape index (κ1) is 22.0. The highest BCUT2D eigenvalue weighted by molar-refractivity contribution is 9.10. The molecule has 4 rings (SSSR count). The van der Waals surface area contributed by atoms with Crippen LogP contribution in [0.4, 0.5) is 5.82 Å². The van der Waals surface area contributed by atoms with Gasteiger partial charge in [0.05, 0.1) is 5.56 Å². The van der Waals surface area contributed by atoms with E-state index in [0.717, 1.165) is 10.0 Å². The number of hydrogen-bond acceptors (Lipinski definition) is 5. The molecule has 7 nitrogen and oxygen atoms in total. The van der Waals surface area contributed by atoms with Crippen LogP contribution in [0, 0.1) is 12.8 Å². The number of pyridine rings is 2. The van der Waals surface area contributed by atoms with Crippen molar-refractivity contribution in [2.75, 3.05) is 18.4 Å². The van der Waals surface area contributed by atoms with E-state index in [4.69, 9.17) is 4.74 Å². The summed E-state index contributed by atoms with van der Waals surface area (Å²) in [4.78, 5) is 35.6. The lowest BCUT2D eigenvalue weighted by Gasteiger charge is -2.31. The number of piperidine rings is 1. The predicted octanol–water partition coefficient (Wildman–Crippen LogP) is 4.83. The summed E-state index contributed by atoms with van der Waals surface area (Å²) in [5, 5.41) is 2.86. The molecule has 1 fully saturated rings. The number of amides is 2. The van der Waals surface area contributed by atoms with Crippen LogP contribution in [0.3, 0.4) is 0 Å². The third kappa shape index (κ3) is 5.50. The molecule has 0 unspecified atom stereocenters. The van der Waals surface area contributed by atoms with Gasteiger partial charge in [0.1, 0.15) is 11.6 Å². The summed E-state index contributed by atoms with van der Waals surface area (Å²) in [5.74, 6) is 1.35. The fraction of sp³-hybridized carbons (Fsp3) is 0.250. The Morgan fingerprint density at radius 2 is 1.88 bits per heavy atom. The molecular formula is C24H23BrN4O3. The van der Waals surface area contributed by atoms with Crippen molar-refractivity contribution < 1.29 is 14.3 Å². The number of halogens is 1. The quantitative estimate of drug-likeness (QED) is 0.548. The Hall–Kier alpha value is -3.26. The van der Waals surface area contributed by atoms with Crippen LogP contribution in [0.15, 0.2) is 65.4 Å². The molecule has 0 aliphatic carbocycles. The maximum atomic E-state index is 12.8. The van der Waals surface area contributed by atoms with Crippen LogP contribution in [-0.2, 0) is 4.79 Å². The maximum Gasteiger partial charge on any atom is 0.255 e. The van der Waals surface area contributed by atoms with E-state index in [1.54, 1.807) is 29.3 Å². The summed E-state index contributed by atoms with van der Waals surface area (Å²) in [6.45, 7) is 2.99. The van der Waals surface area contributed by atoms with Gasteiger partial charge < -0.3 is 15.0 Å². The van der Waals surface area contributed by atoms with Gasteiger partial charge in [0.25, 0.3) is 5.91 Å². The van der Waals surface area contributed by atoms with Gasteiger partial charge in [-0.25, -0.2) is 9.97 Å². The van der Waals surface area contributed by atoms with Crippen molar-refractivity contribution in [1.82, 2.24) is 14.9 Å². The van der Waals surface area contributed by atoms with E-state index < -0.39 is 0 Å². The van der Waals surface area contributed by atoms with Crippen LogP contribution < -0.4 is 10.1 Å². The van der Waals surface area contributed by atoms with Gasteiger partial charge in [-0.3, -0.25) is 9.59 Å². The van der Waals surface area contributed by atoms with Crippen LogP contribution in [0.5, 0.6) is 11.6 Å². The molecule has 0 bridgehead atoms. The van der Waals surface area contributed by atoms with Crippen molar-refractivity contribution in [2.45, 2.75) is 19.8 Å². The molecule has 164 valence electrons. The van der Waals surface area contributed by atoms with Crippen LogP contribution in [0.25, 0.3) is 0 Å². The van der Waals surface area contributed by atoms with Gasteiger partial charge in [-0.2, -0.15) is 0 Å². The van der Waals surface area contributed by atoms with E-state index in [2.05, 4.69) is 31.2 Å². The Bertz CT molecular complexity index is 1090. The molecule has 1 aliphatic rings. The van der Waals surface area contributed by atoms with Gasteiger partial charge in [0.2, 0.25) is 11.8 Å². The fourth-order valence-electron chi connectivity index (χ4n) is 3.52. The molecule has 1 aliphatic heterocycles. The normalized spacial score (nSPS) is 14.1. The molecule has 1 N–H and O–H groups in total. The summed E-state index contributed by atoms with van der Waals surface area (Å²) < 4.78 is 6.63. The maximum absolute atomic E-state index is 12.8. The molecule has 1 saturated heterocycles. The molecule has 0 atom stereocenters. The number of hydrogen-bond donors (Lipinski definition) is 1. The minimum absolute atomic E-state index is 0.0517. The second-order valence-electron chi connectivity index (χ2n) is 7.72. The van der Waals surface area contributed by atoms with E-state index in [1.807, 2.05) is 37.3 Å². The van der Waals surface area contributed by atoms with Crippen molar-refractivity contribution in [1.29, 1.82) is 0 Å². The molecule has 0 radical (unpaired) electrons. The number of rotatable bonds is 5. The number of aryl methyl sites for hydroxylation is 1. The van der Waals surface area contributed by atoms with E-state index in [-0.39, 0.29) is 17.7 Å². The highest BCUT2D eigenvalue weighted by Crippen LogP contribution is 2.24. The first-order valence-corrected chi connectivity index (χ1v) is 11.2. The fourth-order valence-corrected chi connectivity index (χ4v) is 3.89. The standard InChI is InChI=1S/C24H23BrN4O3/c1-16-5-7-21(26-14-16)28-23(30)17-9-11-29(12-10-17)24(31)18-6-8-22(27-15-18)32-20-4-2-3-19(25)13-20/h2-8,13-15,17H,9-12H2,1H3,(H,26,28,30). The first-order valence-electron chi connectivity index (χ1n) is 10.4. The van der Waals surface area contributed by atoms with Crippen LogP contribution in [0.1, 0.15) is 28.8 Å². The summed E-state index contributed by atoms with van der Waals surface area (Å²) in [5.41, 5.74) is 1.54.